The summed E-state index contributed by atoms with van der Waals surface area (Å²) in [6.45, 7) is 2.49. The number of nitro groups is 1. The van der Waals surface area contributed by atoms with Gasteiger partial charge in [0.05, 0.1) is 17.6 Å². The Labute approximate surface area is 123 Å². The lowest BCUT2D eigenvalue weighted by Crippen LogP contribution is -2.51. The molecule has 21 heavy (non-hydrogen) atoms. The summed E-state index contributed by atoms with van der Waals surface area (Å²) in [5.41, 5.74) is -0.0895. The van der Waals surface area contributed by atoms with Crippen LogP contribution in [0.1, 0.15) is 38.2 Å². The topological polar surface area (TPSA) is 75.4 Å². The SMILES string of the molecule is CC1CCCC(CO)(NCc2cc(F)cc([N+](=O)[O-])c2)C1. The van der Waals surface area contributed by atoms with Gasteiger partial charge in [0.1, 0.15) is 5.82 Å². The molecule has 1 aromatic rings. The van der Waals surface area contributed by atoms with Crippen molar-refractivity contribution < 1.29 is 14.4 Å². The van der Waals surface area contributed by atoms with Crippen molar-refractivity contribution in [2.75, 3.05) is 6.61 Å². The second kappa shape index (κ2) is 6.49. The maximum Gasteiger partial charge on any atom is 0.272 e. The lowest BCUT2D eigenvalue weighted by Gasteiger charge is -2.39. The van der Waals surface area contributed by atoms with E-state index in [9.17, 15) is 19.6 Å². The molecule has 1 aromatic carbocycles. The summed E-state index contributed by atoms with van der Waals surface area (Å²) in [6.07, 6.45) is 3.92. The highest BCUT2D eigenvalue weighted by Gasteiger charge is 2.33. The average Bonchev–Trinajstić information content (AvgIpc) is 2.44. The number of rotatable bonds is 5. The quantitative estimate of drug-likeness (QED) is 0.647. The second-order valence-corrected chi connectivity index (χ2v) is 6.07. The normalized spacial score (nSPS) is 25.8. The van der Waals surface area contributed by atoms with Crippen LogP contribution >= 0.6 is 0 Å². The number of benzene rings is 1. The van der Waals surface area contributed by atoms with Crippen LogP contribution in [0.4, 0.5) is 10.1 Å². The number of nitrogens with zero attached hydrogens (tertiary/aromatic N) is 1. The molecule has 2 rings (SSSR count). The third-order valence-corrected chi connectivity index (χ3v) is 4.21. The maximum atomic E-state index is 13.4. The van der Waals surface area contributed by atoms with E-state index in [1.54, 1.807) is 0 Å². The van der Waals surface area contributed by atoms with Gasteiger partial charge >= 0.3 is 0 Å². The summed E-state index contributed by atoms with van der Waals surface area (Å²) in [4.78, 5) is 10.2. The zero-order valence-electron chi connectivity index (χ0n) is 12.1. The third kappa shape index (κ3) is 3.98. The molecule has 1 saturated carbocycles. The minimum absolute atomic E-state index is 0.0226. The third-order valence-electron chi connectivity index (χ3n) is 4.21. The molecule has 1 aliphatic rings. The van der Waals surface area contributed by atoms with Crippen LogP contribution in [-0.4, -0.2) is 22.2 Å². The lowest BCUT2D eigenvalue weighted by molar-refractivity contribution is -0.385. The van der Waals surface area contributed by atoms with Crippen molar-refractivity contribution in [2.45, 2.75) is 44.7 Å². The molecule has 0 radical (unpaired) electrons. The summed E-state index contributed by atoms with van der Waals surface area (Å²) in [5, 5.41) is 23.7. The fourth-order valence-electron chi connectivity index (χ4n) is 3.15. The van der Waals surface area contributed by atoms with Crippen LogP contribution in [0, 0.1) is 21.8 Å². The first-order chi connectivity index (χ1) is 9.94. The average molecular weight is 296 g/mol. The summed E-state index contributed by atoms with van der Waals surface area (Å²) in [5.74, 6) is -0.0868. The molecular weight excluding hydrogens is 275 g/mol. The lowest BCUT2D eigenvalue weighted by atomic mass is 9.77. The largest absolute Gasteiger partial charge is 0.394 e. The van der Waals surface area contributed by atoms with E-state index in [1.807, 2.05) is 0 Å². The van der Waals surface area contributed by atoms with Crippen LogP contribution in [0.2, 0.25) is 0 Å². The number of hydrogen-bond donors (Lipinski definition) is 2. The van der Waals surface area contributed by atoms with Crippen LogP contribution in [0.3, 0.4) is 0 Å². The number of nitrogens with one attached hydrogen (secondary N) is 1. The van der Waals surface area contributed by atoms with E-state index in [0.717, 1.165) is 31.7 Å². The van der Waals surface area contributed by atoms with Crippen LogP contribution in [0.5, 0.6) is 0 Å². The van der Waals surface area contributed by atoms with Crippen molar-refractivity contribution in [3.05, 3.63) is 39.7 Å². The molecule has 2 atom stereocenters. The summed E-state index contributed by atoms with van der Waals surface area (Å²) >= 11 is 0. The van der Waals surface area contributed by atoms with Crippen LogP contribution in [0.15, 0.2) is 18.2 Å². The van der Waals surface area contributed by atoms with Gasteiger partial charge in [0.2, 0.25) is 0 Å². The minimum atomic E-state index is -0.615. The first kappa shape index (κ1) is 15.9. The van der Waals surface area contributed by atoms with Crippen molar-refractivity contribution in [1.82, 2.24) is 5.32 Å². The molecule has 0 aromatic heterocycles. The number of aliphatic hydroxyl groups excluding tert-OH is 1. The number of hydrogen-bond acceptors (Lipinski definition) is 4. The standard InChI is InChI=1S/C15H21FN2O3/c1-11-3-2-4-15(8-11,10-19)17-9-12-5-13(16)7-14(6-12)18(20)21/h5-7,11,17,19H,2-4,8-10H2,1H3. The Morgan fingerprint density at radius 1 is 1.52 bits per heavy atom. The van der Waals surface area contributed by atoms with Gasteiger partial charge in [0.25, 0.3) is 5.69 Å². The first-order valence-corrected chi connectivity index (χ1v) is 7.24. The Kier molecular flexibility index (Phi) is 4.90. The van der Waals surface area contributed by atoms with Crippen molar-refractivity contribution in [1.29, 1.82) is 0 Å². The number of aliphatic hydroxyl groups is 1. The summed E-state index contributed by atoms with van der Waals surface area (Å²) in [7, 11) is 0. The second-order valence-electron chi connectivity index (χ2n) is 6.07. The van der Waals surface area contributed by atoms with E-state index in [2.05, 4.69) is 12.2 Å². The molecule has 0 amide bonds. The highest BCUT2D eigenvalue weighted by atomic mass is 19.1. The van der Waals surface area contributed by atoms with Crippen molar-refractivity contribution in [3.63, 3.8) is 0 Å². The summed E-state index contributed by atoms with van der Waals surface area (Å²) in [6, 6.07) is 3.57. The molecule has 6 heteroatoms. The fraction of sp³-hybridized carbons (Fsp3) is 0.600. The highest BCUT2D eigenvalue weighted by molar-refractivity contribution is 5.35. The van der Waals surface area contributed by atoms with Crippen molar-refractivity contribution in [3.8, 4) is 0 Å². The van der Waals surface area contributed by atoms with Crippen LogP contribution < -0.4 is 5.32 Å². The maximum absolute atomic E-state index is 13.4. The Bertz CT molecular complexity index is 524. The highest BCUT2D eigenvalue weighted by Crippen LogP contribution is 2.32. The molecule has 1 aliphatic carbocycles. The van der Waals surface area contributed by atoms with Crippen LogP contribution in [-0.2, 0) is 6.54 Å². The van der Waals surface area contributed by atoms with Gasteiger partial charge < -0.3 is 10.4 Å². The van der Waals surface area contributed by atoms with E-state index in [1.165, 1.54) is 12.1 Å². The predicted molar refractivity (Wildman–Crippen MR) is 77.3 cm³/mol. The van der Waals surface area contributed by atoms with Gasteiger partial charge in [-0.25, -0.2) is 4.39 Å². The van der Waals surface area contributed by atoms with Crippen molar-refractivity contribution in [2.24, 2.45) is 5.92 Å². The van der Waals surface area contributed by atoms with E-state index in [4.69, 9.17) is 0 Å². The number of non-ortho nitro benzene ring substituents is 1. The van der Waals surface area contributed by atoms with E-state index >= 15 is 0 Å². The Morgan fingerprint density at radius 3 is 2.90 bits per heavy atom. The number of nitro benzene ring substituents is 1. The van der Waals surface area contributed by atoms with Gasteiger partial charge in [-0.15, -0.1) is 0 Å². The van der Waals surface area contributed by atoms with E-state index in [0.29, 0.717) is 18.0 Å². The van der Waals surface area contributed by atoms with E-state index in [-0.39, 0.29) is 17.8 Å². The molecule has 1 fully saturated rings. The molecule has 5 nitrogen and oxygen atoms in total. The van der Waals surface area contributed by atoms with Gasteiger partial charge in [-0.1, -0.05) is 19.8 Å². The molecule has 2 unspecified atom stereocenters. The predicted octanol–water partition coefficient (Wildman–Crippen LogP) is 2.76. The number of halogens is 1. The Morgan fingerprint density at radius 2 is 2.29 bits per heavy atom. The fourth-order valence-corrected chi connectivity index (χ4v) is 3.15. The summed E-state index contributed by atoms with van der Waals surface area (Å²) < 4.78 is 13.4. The molecule has 2 N–H and O–H groups in total. The van der Waals surface area contributed by atoms with E-state index < -0.39 is 10.7 Å². The van der Waals surface area contributed by atoms with Gasteiger partial charge in [-0.3, -0.25) is 10.1 Å². The zero-order chi connectivity index (χ0) is 15.5. The molecule has 116 valence electrons. The molecule has 0 heterocycles. The molecule has 0 spiro atoms. The smallest absolute Gasteiger partial charge is 0.272 e. The van der Waals surface area contributed by atoms with Gasteiger partial charge in [-0.2, -0.15) is 0 Å². The minimum Gasteiger partial charge on any atom is -0.394 e. The molecular formula is C15H21FN2O3. The molecule has 0 bridgehead atoms. The Balaban J connectivity index is 2.09. The van der Waals surface area contributed by atoms with Gasteiger partial charge in [0.15, 0.2) is 0 Å². The first-order valence-electron chi connectivity index (χ1n) is 7.24. The zero-order valence-corrected chi connectivity index (χ0v) is 12.1. The monoisotopic (exact) mass is 296 g/mol. The van der Waals surface area contributed by atoms with Crippen LogP contribution in [0.25, 0.3) is 0 Å². The van der Waals surface area contributed by atoms with Crippen molar-refractivity contribution >= 4 is 5.69 Å². The van der Waals surface area contributed by atoms with Gasteiger partial charge in [0, 0.05) is 18.2 Å². The van der Waals surface area contributed by atoms with Gasteiger partial charge in [-0.05, 0) is 30.4 Å². The molecule has 0 aliphatic heterocycles. The Hall–Kier alpha value is -1.53. The molecule has 0 saturated heterocycles.